The first-order chi connectivity index (χ1) is 11.5. The minimum atomic E-state index is -0.611. The smallest absolute Gasteiger partial charge is 0.310 e. The van der Waals surface area contributed by atoms with E-state index < -0.39 is 17.8 Å². The number of rotatable bonds is 8. The summed E-state index contributed by atoms with van der Waals surface area (Å²) in [5.74, 6) is -0.557. The first-order valence-corrected chi connectivity index (χ1v) is 7.64. The molecular formula is C17H19NO6. The van der Waals surface area contributed by atoms with E-state index in [1.54, 1.807) is 18.2 Å². The third kappa shape index (κ3) is 4.34. The fourth-order valence-electron chi connectivity index (χ4n) is 2.21. The van der Waals surface area contributed by atoms with E-state index in [1.807, 2.05) is 13.8 Å². The Morgan fingerprint density at radius 1 is 1.08 bits per heavy atom. The molecule has 1 aliphatic rings. The minimum Gasteiger partial charge on any atom is -0.493 e. The second-order valence-electron chi connectivity index (χ2n) is 4.92. The maximum absolute atomic E-state index is 11.9. The minimum absolute atomic E-state index is 0.0484. The summed E-state index contributed by atoms with van der Waals surface area (Å²) in [7, 11) is 0. The van der Waals surface area contributed by atoms with Crippen molar-refractivity contribution in [3.8, 4) is 11.5 Å². The highest BCUT2D eigenvalue weighted by Gasteiger charge is 2.24. The Bertz CT molecular complexity index is 655. The molecule has 1 N–H and O–H groups in total. The molecule has 0 unspecified atom stereocenters. The number of benzene rings is 1. The van der Waals surface area contributed by atoms with Gasteiger partial charge in [0.15, 0.2) is 0 Å². The van der Waals surface area contributed by atoms with Gasteiger partial charge in [-0.3, -0.25) is 19.7 Å². The highest BCUT2D eigenvalue weighted by atomic mass is 16.5. The van der Waals surface area contributed by atoms with Crippen molar-refractivity contribution < 1.29 is 28.6 Å². The molecule has 1 aromatic rings. The molecule has 0 bridgehead atoms. The monoisotopic (exact) mass is 333 g/mol. The van der Waals surface area contributed by atoms with Gasteiger partial charge < -0.3 is 14.2 Å². The predicted octanol–water partition coefficient (Wildman–Crippen LogP) is 1.50. The van der Waals surface area contributed by atoms with Crippen molar-refractivity contribution in [2.75, 3.05) is 13.2 Å². The number of carbonyl (C=O) groups is 3. The Kier molecular flexibility index (Phi) is 5.95. The molecule has 0 atom stereocenters. The van der Waals surface area contributed by atoms with Gasteiger partial charge in [0.25, 0.3) is 11.8 Å². The number of esters is 1. The van der Waals surface area contributed by atoms with E-state index in [1.165, 1.54) is 0 Å². The van der Waals surface area contributed by atoms with Crippen LogP contribution in [0.15, 0.2) is 29.8 Å². The molecule has 0 saturated carbocycles. The quantitative estimate of drug-likeness (QED) is 0.573. The van der Waals surface area contributed by atoms with Gasteiger partial charge in [-0.05, 0) is 26.0 Å². The molecule has 0 radical (unpaired) electrons. The van der Waals surface area contributed by atoms with E-state index in [4.69, 9.17) is 14.2 Å². The van der Waals surface area contributed by atoms with Crippen molar-refractivity contribution in [1.29, 1.82) is 0 Å². The topological polar surface area (TPSA) is 90.9 Å². The van der Waals surface area contributed by atoms with Crippen LogP contribution in [0.4, 0.5) is 0 Å². The highest BCUT2D eigenvalue weighted by Crippen LogP contribution is 2.29. The van der Waals surface area contributed by atoms with Gasteiger partial charge in [-0.1, -0.05) is 6.07 Å². The van der Waals surface area contributed by atoms with Crippen molar-refractivity contribution in [3.05, 3.63) is 35.4 Å². The lowest BCUT2D eigenvalue weighted by Gasteiger charge is -2.15. The first kappa shape index (κ1) is 17.5. The first-order valence-electron chi connectivity index (χ1n) is 7.64. The molecule has 7 heteroatoms. The second kappa shape index (κ2) is 8.14. The maximum Gasteiger partial charge on any atom is 0.310 e. The van der Waals surface area contributed by atoms with Gasteiger partial charge >= 0.3 is 5.97 Å². The summed E-state index contributed by atoms with van der Waals surface area (Å²) in [5.41, 5.74) is 0.712. The fourth-order valence-corrected chi connectivity index (χ4v) is 2.21. The van der Waals surface area contributed by atoms with E-state index in [2.05, 4.69) is 5.32 Å². The normalized spacial score (nSPS) is 13.3. The summed E-state index contributed by atoms with van der Waals surface area (Å²) in [6.07, 6.45) is 0.835. The van der Waals surface area contributed by atoms with Crippen LogP contribution in [0.3, 0.4) is 0 Å². The van der Waals surface area contributed by atoms with Gasteiger partial charge in [-0.15, -0.1) is 0 Å². The average molecular weight is 333 g/mol. The van der Waals surface area contributed by atoms with Crippen LogP contribution < -0.4 is 14.8 Å². The van der Waals surface area contributed by atoms with E-state index in [9.17, 15) is 14.4 Å². The van der Waals surface area contributed by atoms with Crippen molar-refractivity contribution >= 4 is 17.8 Å². The predicted molar refractivity (Wildman–Crippen MR) is 84.4 cm³/mol. The van der Waals surface area contributed by atoms with E-state index in [-0.39, 0.29) is 18.6 Å². The van der Waals surface area contributed by atoms with Crippen molar-refractivity contribution in [2.45, 2.75) is 26.9 Å². The largest absolute Gasteiger partial charge is 0.493 e. The summed E-state index contributed by atoms with van der Waals surface area (Å²) in [6.45, 7) is 4.58. The lowest BCUT2D eigenvalue weighted by atomic mass is 10.1. The zero-order valence-corrected chi connectivity index (χ0v) is 13.6. The number of carbonyl (C=O) groups excluding carboxylic acids is 3. The number of hydrogen-bond acceptors (Lipinski definition) is 6. The maximum atomic E-state index is 11.9. The number of ether oxygens (including phenoxy) is 3. The summed E-state index contributed by atoms with van der Waals surface area (Å²) in [6, 6.07) is 5.32. The van der Waals surface area contributed by atoms with Crippen LogP contribution in [0, 0.1) is 0 Å². The Labute approximate surface area is 139 Å². The molecule has 7 nitrogen and oxygen atoms in total. The summed E-state index contributed by atoms with van der Waals surface area (Å²) in [5, 5.41) is 2.08. The molecule has 0 saturated heterocycles. The van der Waals surface area contributed by atoms with Gasteiger partial charge in [-0.2, -0.15) is 0 Å². The molecule has 1 aliphatic heterocycles. The van der Waals surface area contributed by atoms with E-state index in [0.29, 0.717) is 30.3 Å². The average Bonchev–Trinajstić information content (AvgIpc) is 2.85. The number of imide groups is 1. The number of nitrogens with one attached hydrogen (secondary N) is 1. The summed E-state index contributed by atoms with van der Waals surface area (Å²) in [4.78, 5) is 34.4. The van der Waals surface area contributed by atoms with Gasteiger partial charge in [0.05, 0.1) is 25.2 Å². The molecular weight excluding hydrogens is 314 g/mol. The third-order valence-corrected chi connectivity index (χ3v) is 3.24. The van der Waals surface area contributed by atoms with Crippen molar-refractivity contribution in [2.24, 2.45) is 0 Å². The molecule has 0 spiro atoms. The molecule has 24 heavy (non-hydrogen) atoms. The third-order valence-electron chi connectivity index (χ3n) is 3.24. The van der Waals surface area contributed by atoms with Gasteiger partial charge in [0, 0.05) is 11.6 Å². The van der Waals surface area contributed by atoms with Gasteiger partial charge in [0.2, 0.25) is 0 Å². The van der Waals surface area contributed by atoms with Crippen LogP contribution in [-0.4, -0.2) is 31.0 Å². The zero-order chi connectivity index (χ0) is 17.5. The lowest BCUT2D eigenvalue weighted by molar-refractivity contribution is -0.144. The fraction of sp³-hybridized carbons (Fsp3) is 0.353. The molecule has 0 aliphatic carbocycles. The number of amides is 2. The summed E-state index contributed by atoms with van der Waals surface area (Å²) >= 11 is 0. The second-order valence-corrected chi connectivity index (χ2v) is 4.92. The molecule has 1 heterocycles. The zero-order valence-electron chi connectivity index (χ0n) is 13.6. The Morgan fingerprint density at radius 2 is 1.71 bits per heavy atom. The molecule has 0 fully saturated rings. The van der Waals surface area contributed by atoms with Gasteiger partial charge in [0.1, 0.15) is 18.1 Å². The van der Waals surface area contributed by atoms with Crippen molar-refractivity contribution in [1.82, 2.24) is 5.32 Å². The SMILES string of the molecule is CCOc1cccc(OCC)c1COC(=O)CC1=CC(=O)NC1=O. The summed E-state index contributed by atoms with van der Waals surface area (Å²) < 4.78 is 16.3. The van der Waals surface area contributed by atoms with Crippen LogP contribution in [0.25, 0.3) is 0 Å². The molecule has 1 aromatic carbocycles. The molecule has 0 aromatic heterocycles. The van der Waals surface area contributed by atoms with Crippen LogP contribution >= 0.6 is 0 Å². The van der Waals surface area contributed by atoms with Crippen LogP contribution in [0.1, 0.15) is 25.8 Å². The van der Waals surface area contributed by atoms with Crippen LogP contribution in [0.5, 0.6) is 11.5 Å². The molecule has 128 valence electrons. The molecule has 2 amide bonds. The van der Waals surface area contributed by atoms with E-state index in [0.717, 1.165) is 6.08 Å². The Morgan fingerprint density at radius 3 is 2.21 bits per heavy atom. The Hall–Kier alpha value is -2.83. The number of hydrogen-bond donors (Lipinski definition) is 1. The molecule has 2 rings (SSSR count). The van der Waals surface area contributed by atoms with E-state index >= 15 is 0 Å². The van der Waals surface area contributed by atoms with Crippen LogP contribution in [-0.2, 0) is 25.7 Å². The van der Waals surface area contributed by atoms with Crippen LogP contribution in [0.2, 0.25) is 0 Å². The highest BCUT2D eigenvalue weighted by molar-refractivity contribution is 6.17. The van der Waals surface area contributed by atoms with Crippen molar-refractivity contribution in [3.63, 3.8) is 0 Å². The standard InChI is InChI=1S/C17H19NO6/c1-3-22-13-6-5-7-14(23-4-2)12(13)10-24-16(20)9-11-8-15(19)18-17(11)21/h5-8H,3-4,9-10H2,1-2H3,(H,18,19,21). The Balaban J connectivity index is 2.05. The van der Waals surface area contributed by atoms with Gasteiger partial charge in [-0.25, -0.2) is 0 Å². The lowest BCUT2D eigenvalue weighted by Crippen LogP contribution is -2.23.